The molecule has 1 aromatic rings. The standard InChI is InChI=1S/C15H23FN2O2S/c1-2-9-18(12-13-5-4-8-17-11-13)21(19,20)15-7-3-6-14(16)10-15/h3,6-7,10,13,17H,2,4-5,8-9,11-12H2,1H3. The third-order valence-corrected chi connectivity index (χ3v) is 5.63. The molecule has 1 unspecified atom stereocenters. The number of hydrogen-bond donors (Lipinski definition) is 1. The molecule has 1 aliphatic rings. The van der Waals surface area contributed by atoms with Crippen LogP contribution in [0, 0.1) is 11.7 Å². The molecule has 2 rings (SSSR count). The van der Waals surface area contributed by atoms with Crippen LogP contribution in [0.5, 0.6) is 0 Å². The Hall–Kier alpha value is -0.980. The summed E-state index contributed by atoms with van der Waals surface area (Å²) in [6, 6.07) is 5.25. The molecule has 0 amide bonds. The summed E-state index contributed by atoms with van der Waals surface area (Å²) in [4.78, 5) is 0.0414. The maximum absolute atomic E-state index is 13.3. The van der Waals surface area contributed by atoms with Crippen LogP contribution in [0.4, 0.5) is 4.39 Å². The third-order valence-electron chi connectivity index (χ3n) is 3.77. The molecule has 1 saturated heterocycles. The van der Waals surface area contributed by atoms with Gasteiger partial charge in [0.05, 0.1) is 4.90 Å². The van der Waals surface area contributed by atoms with Gasteiger partial charge in [0.2, 0.25) is 10.0 Å². The molecule has 0 aliphatic carbocycles. The number of halogens is 1. The zero-order valence-electron chi connectivity index (χ0n) is 12.4. The van der Waals surface area contributed by atoms with E-state index in [0.29, 0.717) is 19.0 Å². The maximum Gasteiger partial charge on any atom is 0.243 e. The summed E-state index contributed by atoms with van der Waals surface area (Å²) in [6.45, 7) is 4.77. The summed E-state index contributed by atoms with van der Waals surface area (Å²) in [5.41, 5.74) is 0. The number of rotatable bonds is 6. The molecular weight excluding hydrogens is 291 g/mol. The van der Waals surface area contributed by atoms with Crippen LogP contribution in [-0.4, -0.2) is 38.9 Å². The van der Waals surface area contributed by atoms with Gasteiger partial charge >= 0.3 is 0 Å². The molecule has 1 aromatic carbocycles. The molecule has 1 aliphatic heterocycles. The molecule has 21 heavy (non-hydrogen) atoms. The fourth-order valence-corrected chi connectivity index (χ4v) is 4.34. The van der Waals surface area contributed by atoms with Gasteiger partial charge in [-0.3, -0.25) is 0 Å². The second kappa shape index (κ2) is 7.33. The van der Waals surface area contributed by atoms with Gasteiger partial charge in [0.15, 0.2) is 0 Å². The lowest BCUT2D eigenvalue weighted by atomic mass is 10.00. The van der Waals surface area contributed by atoms with Gasteiger partial charge < -0.3 is 5.32 Å². The molecule has 1 heterocycles. The average molecular weight is 314 g/mol. The van der Waals surface area contributed by atoms with Crippen molar-refractivity contribution in [3.63, 3.8) is 0 Å². The summed E-state index contributed by atoms with van der Waals surface area (Å²) < 4.78 is 40.2. The van der Waals surface area contributed by atoms with Crippen LogP contribution >= 0.6 is 0 Å². The van der Waals surface area contributed by atoms with Crippen LogP contribution < -0.4 is 5.32 Å². The highest BCUT2D eigenvalue weighted by molar-refractivity contribution is 7.89. The molecule has 0 saturated carbocycles. The van der Waals surface area contributed by atoms with Gasteiger partial charge in [-0.2, -0.15) is 4.31 Å². The van der Waals surface area contributed by atoms with Crippen molar-refractivity contribution in [3.8, 4) is 0 Å². The van der Waals surface area contributed by atoms with E-state index in [0.717, 1.165) is 38.4 Å². The monoisotopic (exact) mass is 314 g/mol. The Morgan fingerprint density at radius 2 is 2.24 bits per heavy atom. The number of benzene rings is 1. The molecule has 6 heteroatoms. The zero-order chi connectivity index (χ0) is 15.3. The van der Waals surface area contributed by atoms with Gasteiger partial charge in [-0.05, 0) is 56.5 Å². The van der Waals surface area contributed by atoms with Crippen molar-refractivity contribution >= 4 is 10.0 Å². The van der Waals surface area contributed by atoms with E-state index >= 15 is 0 Å². The predicted octanol–water partition coefficient (Wildman–Crippen LogP) is 2.23. The van der Waals surface area contributed by atoms with E-state index in [1.54, 1.807) is 0 Å². The van der Waals surface area contributed by atoms with Gasteiger partial charge in [-0.25, -0.2) is 12.8 Å². The van der Waals surface area contributed by atoms with Crippen molar-refractivity contribution in [1.29, 1.82) is 0 Å². The Morgan fingerprint density at radius 1 is 1.43 bits per heavy atom. The minimum atomic E-state index is -3.62. The molecule has 4 nitrogen and oxygen atoms in total. The van der Waals surface area contributed by atoms with Crippen LogP contribution in [0.3, 0.4) is 0 Å². The molecule has 118 valence electrons. The quantitative estimate of drug-likeness (QED) is 0.876. The lowest BCUT2D eigenvalue weighted by Gasteiger charge is -2.29. The molecule has 1 fully saturated rings. The third kappa shape index (κ3) is 4.25. The van der Waals surface area contributed by atoms with E-state index in [2.05, 4.69) is 5.32 Å². The minimum Gasteiger partial charge on any atom is -0.316 e. The number of sulfonamides is 1. The van der Waals surface area contributed by atoms with Crippen LogP contribution in [0.1, 0.15) is 26.2 Å². The van der Waals surface area contributed by atoms with E-state index in [4.69, 9.17) is 0 Å². The van der Waals surface area contributed by atoms with Crippen molar-refractivity contribution in [1.82, 2.24) is 9.62 Å². The van der Waals surface area contributed by atoms with Crippen molar-refractivity contribution in [2.45, 2.75) is 31.1 Å². The lowest BCUT2D eigenvalue weighted by Crippen LogP contribution is -2.41. The first-order valence-corrected chi connectivity index (χ1v) is 8.94. The molecule has 1 N–H and O–H groups in total. The summed E-state index contributed by atoms with van der Waals surface area (Å²) in [7, 11) is -3.62. The number of nitrogens with zero attached hydrogens (tertiary/aromatic N) is 1. The highest BCUT2D eigenvalue weighted by Crippen LogP contribution is 2.20. The van der Waals surface area contributed by atoms with Gasteiger partial charge in [0.1, 0.15) is 5.82 Å². The second-order valence-electron chi connectivity index (χ2n) is 5.53. The van der Waals surface area contributed by atoms with E-state index in [-0.39, 0.29) is 4.90 Å². The van der Waals surface area contributed by atoms with Gasteiger partial charge in [-0.15, -0.1) is 0 Å². The van der Waals surface area contributed by atoms with Crippen molar-refractivity contribution in [2.75, 3.05) is 26.2 Å². The largest absolute Gasteiger partial charge is 0.316 e. The van der Waals surface area contributed by atoms with Crippen LogP contribution in [-0.2, 0) is 10.0 Å². The highest BCUT2D eigenvalue weighted by Gasteiger charge is 2.27. The summed E-state index contributed by atoms with van der Waals surface area (Å²) >= 11 is 0. The Kier molecular flexibility index (Phi) is 5.72. The van der Waals surface area contributed by atoms with Crippen LogP contribution in [0.2, 0.25) is 0 Å². The first-order chi connectivity index (χ1) is 10.0. The zero-order valence-corrected chi connectivity index (χ0v) is 13.2. The molecule has 0 bridgehead atoms. The average Bonchev–Trinajstić information content (AvgIpc) is 2.48. The summed E-state index contributed by atoms with van der Waals surface area (Å²) in [5.74, 6) is -0.194. The van der Waals surface area contributed by atoms with Crippen LogP contribution in [0.15, 0.2) is 29.2 Å². The van der Waals surface area contributed by atoms with Gasteiger partial charge in [0.25, 0.3) is 0 Å². The Bertz CT molecular complexity index is 557. The fourth-order valence-electron chi connectivity index (χ4n) is 2.70. The molecular formula is C15H23FN2O2S. The molecule has 0 radical (unpaired) electrons. The van der Waals surface area contributed by atoms with E-state index < -0.39 is 15.8 Å². The van der Waals surface area contributed by atoms with Gasteiger partial charge in [0, 0.05) is 13.1 Å². The first-order valence-electron chi connectivity index (χ1n) is 7.50. The number of hydrogen-bond acceptors (Lipinski definition) is 3. The SMILES string of the molecule is CCCN(CC1CCCNC1)S(=O)(=O)c1cccc(F)c1. The van der Waals surface area contributed by atoms with E-state index in [1.165, 1.54) is 22.5 Å². The summed E-state index contributed by atoms with van der Waals surface area (Å²) in [6.07, 6.45) is 2.85. The van der Waals surface area contributed by atoms with E-state index in [1.807, 2.05) is 6.92 Å². The Morgan fingerprint density at radius 3 is 2.86 bits per heavy atom. The normalized spacial score (nSPS) is 19.9. The Balaban J connectivity index is 2.19. The predicted molar refractivity (Wildman–Crippen MR) is 81.0 cm³/mol. The smallest absolute Gasteiger partial charge is 0.243 e. The van der Waals surface area contributed by atoms with Gasteiger partial charge in [-0.1, -0.05) is 13.0 Å². The number of nitrogens with one attached hydrogen (secondary N) is 1. The summed E-state index contributed by atoms with van der Waals surface area (Å²) in [5, 5.41) is 3.30. The van der Waals surface area contributed by atoms with E-state index in [9.17, 15) is 12.8 Å². The second-order valence-corrected chi connectivity index (χ2v) is 7.47. The van der Waals surface area contributed by atoms with Crippen molar-refractivity contribution in [2.24, 2.45) is 5.92 Å². The maximum atomic E-state index is 13.3. The molecule has 0 aromatic heterocycles. The van der Waals surface area contributed by atoms with Crippen molar-refractivity contribution < 1.29 is 12.8 Å². The van der Waals surface area contributed by atoms with Crippen molar-refractivity contribution in [3.05, 3.63) is 30.1 Å². The molecule has 1 atom stereocenters. The number of piperidine rings is 1. The Labute approximate surface area is 126 Å². The topological polar surface area (TPSA) is 49.4 Å². The first kappa shape index (κ1) is 16.4. The highest BCUT2D eigenvalue weighted by atomic mass is 32.2. The lowest BCUT2D eigenvalue weighted by molar-refractivity contribution is 0.291. The van der Waals surface area contributed by atoms with Crippen LogP contribution in [0.25, 0.3) is 0 Å². The minimum absolute atomic E-state index is 0.0414. The fraction of sp³-hybridized carbons (Fsp3) is 0.600. The molecule has 0 spiro atoms.